The van der Waals surface area contributed by atoms with Crippen LogP contribution in [0.3, 0.4) is 0 Å². The maximum Gasteiger partial charge on any atom is 0.0602 e. The number of hydrogen-bond donors (Lipinski definition) is 0. The Morgan fingerprint density at radius 3 is 1.77 bits per heavy atom. The first kappa shape index (κ1) is 15.0. The van der Waals surface area contributed by atoms with E-state index in [1.165, 1.54) is 11.1 Å². The number of rotatable bonds is 5. The second kappa shape index (κ2) is 7.39. The maximum absolute atomic E-state index is 3.85. The molecule has 0 radical (unpaired) electrons. The minimum absolute atomic E-state index is 0.355. The summed E-state index contributed by atoms with van der Waals surface area (Å²) in [4.78, 5) is 5.07. The Labute approximate surface area is 133 Å². The average Bonchev–Trinajstić information content (AvgIpc) is 2.59. The third kappa shape index (κ3) is 3.46. The highest BCUT2D eigenvalue weighted by atomic mass is 15.3. The zero-order valence-corrected chi connectivity index (χ0v) is 13.1. The van der Waals surface area contributed by atoms with Crippen LogP contribution in [0.5, 0.6) is 0 Å². The van der Waals surface area contributed by atoms with E-state index in [-0.39, 0.29) is 0 Å². The van der Waals surface area contributed by atoms with Gasteiger partial charge in [0, 0.05) is 32.7 Å². The van der Waals surface area contributed by atoms with Gasteiger partial charge in [-0.3, -0.25) is 9.80 Å². The molecule has 0 bridgehead atoms. The van der Waals surface area contributed by atoms with Crippen molar-refractivity contribution in [1.82, 2.24) is 9.80 Å². The van der Waals surface area contributed by atoms with Crippen LogP contribution in [0.25, 0.3) is 0 Å². The topological polar surface area (TPSA) is 6.48 Å². The molecule has 0 N–H and O–H groups in total. The lowest BCUT2D eigenvalue weighted by Crippen LogP contribution is -2.47. The zero-order valence-electron chi connectivity index (χ0n) is 13.1. The molecule has 22 heavy (non-hydrogen) atoms. The van der Waals surface area contributed by atoms with E-state index in [0.717, 1.165) is 32.7 Å². The summed E-state index contributed by atoms with van der Waals surface area (Å²) in [7, 11) is 0. The molecule has 1 aliphatic heterocycles. The fourth-order valence-electron chi connectivity index (χ4n) is 3.27. The van der Waals surface area contributed by atoms with E-state index in [1.54, 1.807) is 0 Å². The first-order chi connectivity index (χ1) is 10.9. The van der Waals surface area contributed by atoms with E-state index in [0.29, 0.717) is 6.04 Å². The molecule has 2 heteroatoms. The average molecular weight is 292 g/mol. The van der Waals surface area contributed by atoms with Crippen LogP contribution in [-0.4, -0.2) is 42.5 Å². The van der Waals surface area contributed by atoms with E-state index in [2.05, 4.69) is 77.0 Å². The summed E-state index contributed by atoms with van der Waals surface area (Å²) in [6.07, 6.45) is 2.00. The lowest BCUT2D eigenvalue weighted by atomic mass is 9.96. The van der Waals surface area contributed by atoms with Gasteiger partial charge in [0.25, 0.3) is 0 Å². The van der Waals surface area contributed by atoms with E-state index in [9.17, 15) is 0 Å². The highest BCUT2D eigenvalue weighted by Crippen LogP contribution is 2.29. The van der Waals surface area contributed by atoms with Crippen LogP contribution in [0.1, 0.15) is 17.2 Å². The van der Waals surface area contributed by atoms with Gasteiger partial charge in [-0.1, -0.05) is 66.7 Å². The zero-order chi connectivity index (χ0) is 15.2. The molecule has 1 fully saturated rings. The monoisotopic (exact) mass is 292 g/mol. The molecule has 2 nitrogen and oxygen atoms in total. The summed E-state index contributed by atoms with van der Waals surface area (Å²) < 4.78 is 0. The quantitative estimate of drug-likeness (QED) is 0.777. The van der Waals surface area contributed by atoms with Crippen molar-refractivity contribution < 1.29 is 0 Å². The van der Waals surface area contributed by atoms with Crippen molar-refractivity contribution in [2.45, 2.75) is 6.04 Å². The van der Waals surface area contributed by atoms with Gasteiger partial charge in [-0.15, -0.1) is 6.58 Å². The summed E-state index contributed by atoms with van der Waals surface area (Å²) >= 11 is 0. The molecule has 1 heterocycles. The molecule has 1 saturated heterocycles. The molecule has 0 aliphatic carbocycles. The first-order valence-corrected chi connectivity index (χ1v) is 8.05. The van der Waals surface area contributed by atoms with Gasteiger partial charge < -0.3 is 0 Å². The third-order valence-corrected chi connectivity index (χ3v) is 4.39. The lowest BCUT2D eigenvalue weighted by molar-refractivity contribution is 0.118. The molecule has 0 saturated carbocycles. The van der Waals surface area contributed by atoms with Gasteiger partial charge in [-0.2, -0.15) is 0 Å². The van der Waals surface area contributed by atoms with Crippen molar-refractivity contribution in [3.05, 3.63) is 84.4 Å². The number of piperazine rings is 1. The van der Waals surface area contributed by atoms with E-state index in [4.69, 9.17) is 0 Å². The predicted octanol–water partition coefficient (Wildman–Crippen LogP) is 3.58. The Bertz CT molecular complexity index is 532. The van der Waals surface area contributed by atoms with Crippen molar-refractivity contribution in [2.75, 3.05) is 32.7 Å². The third-order valence-electron chi connectivity index (χ3n) is 4.39. The summed E-state index contributed by atoms with van der Waals surface area (Å²) in [6, 6.07) is 22.1. The normalized spacial score (nSPS) is 16.8. The van der Waals surface area contributed by atoms with Gasteiger partial charge in [0.2, 0.25) is 0 Å². The Kier molecular flexibility index (Phi) is 5.04. The van der Waals surface area contributed by atoms with Crippen molar-refractivity contribution in [2.24, 2.45) is 0 Å². The summed E-state index contributed by atoms with van der Waals surface area (Å²) in [5.41, 5.74) is 2.76. The number of nitrogens with zero attached hydrogens (tertiary/aromatic N) is 2. The Morgan fingerprint density at radius 2 is 1.32 bits per heavy atom. The molecule has 0 unspecified atom stereocenters. The Balaban J connectivity index is 1.83. The van der Waals surface area contributed by atoms with Gasteiger partial charge in [0.05, 0.1) is 6.04 Å². The maximum atomic E-state index is 3.85. The van der Waals surface area contributed by atoms with Crippen LogP contribution >= 0.6 is 0 Å². The largest absolute Gasteiger partial charge is 0.297 e. The molecule has 2 aromatic carbocycles. The van der Waals surface area contributed by atoms with Crippen molar-refractivity contribution >= 4 is 0 Å². The Morgan fingerprint density at radius 1 is 0.818 bits per heavy atom. The molecular formula is C20H24N2. The van der Waals surface area contributed by atoms with Crippen LogP contribution in [-0.2, 0) is 0 Å². The molecule has 3 rings (SSSR count). The van der Waals surface area contributed by atoms with Gasteiger partial charge >= 0.3 is 0 Å². The number of hydrogen-bond acceptors (Lipinski definition) is 2. The first-order valence-electron chi connectivity index (χ1n) is 8.05. The highest BCUT2D eigenvalue weighted by molar-refractivity contribution is 5.31. The highest BCUT2D eigenvalue weighted by Gasteiger charge is 2.25. The molecular weight excluding hydrogens is 268 g/mol. The van der Waals surface area contributed by atoms with Crippen LogP contribution < -0.4 is 0 Å². The predicted molar refractivity (Wildman–Crippen MR) is 92.9 cm³/mol. The molecule has 0 aromatic heterocycles. The van der Waals surface area contributed by atoms with Gasteiger partial charge in [0.15, 0.2) is 0 Å². The van der Waals surface area contributed by atoms with Crippen LogP contribution in [0, 0.1) is 0 Å². The van der Waals surface area contributed by atoms with Crippen molar-refractivity contribution in [3.63, 3.8) is 0 Å². The van der Waals surface area contributed by atoms with Gasteiger partial charge in [-0.05, 0) is 11.1 Å². The molecule has 2 aromatic rings. The van der Waals surface area contributed by atoms with E-state index >= 15 is 0 Å². The molecule has 1 aliphatic rings. The minimum atomic E-state index is 0.355. The second-order valence-corrected chi connectivity index (χ2v) is 5.85. The SMILES string of the molecule is C=CCN1CCN(C(c2ccccc2)c2ccccc2)CC1. The molecule has 0 atom stereocenters. The minimum Gasteiger partial charge on any atom is -0.297 e. The van der Waals surface area contributed by atoms with Gasteiger partial charge in [-0.25, -0.2) is 0 Å². The number of benzene rings is 2. The molecule has 0 spiro atoms. The second-order valence-electron chi connectivity index (χ2n) is 5.85. The summed E-state index contributed by atoms with van der Waals surface area (Å²) in [5.74, 6) is 0. The fourth-order valence-corrected chi connectivity index (χ4v) is 3.27. The summed E-state index contributed by atoms with van der Waals surface area (Å²) in [6.45, 7) is 9.27. The summed E-state index contributed by atoms with van der Waals surface area (Å²) in [5, 5.41) is 0. The van der Waals surface area contributed by atoms with Gasteiger partial charge in [0.1, 0.15) is 0 Å². The van der Waals surface area contributed by atoms with E-state index in [1.807, 2.05) is 6.08 Å². The smallest absolute Gasteiger partial charge is 0.0602 e. The Hall–Kier alpha value is -1.90. The fraction of sp³-hybridized carbons (Fsp3) is 0.300. The van der Waals surface area contributed by atoms with Crippen molar-refractivity contribution in [3.8, 4) is 0 Å². The molecule has 0 amide bonds. The molecule has 114 valence electrons. The standard InChI is InChI=1S/C20H24N2/c1-2-13-21-14-16-22(17-15-21)20(18-9-5-3-6-10-18)19-11-7-4-8-12-19/h2-12,20H,1,13-17H2. The van der Waals surface area contributed by atoms with Crippen LogP contribution in [0.15, 0.2) is 73.3 Å². The van der Waals surface area contributed by atoms with Crippen molar-refractivity contribution in [1.29, 1.82) is 0 Å². The van der Waals surface area contributed by atoms with Crippen LogP contribution in [0.4, 0.5) is 0 Å². The lowest BCUT2D eigenvalue weighted by Gasteiger charge is -2.39. The van der Waals surface area contributed by atoms with Crippen LogP contribution in [0.2, 0.25) is 0 Å². The van der Waals surface area contributed by atoms with E-state index < -0.39 is 0 Å².